The zero-order valence-electron chi connectivity index (χ0n) is 19.9. The van der Waals surface area contributed by atoms with Gasteiger partial charge in [0.2, 0.25) is 0 Å². The van der Waals surface area contributed by atoms with Crippen molar-refractivity contribution in [2.24, 2.45) is 28.6 Å². The first kappa shape index (κ1) is 86.9. The van der Waals surface area contributed by atoms with Crippen molar-refractivity contribution in [3.63, 3.8) is 0 Å². The molecule has 0 amide bonds. The van der Waals surface area contributed by atoms with Gasteiger partial charge in [0.1, 0.15) is 0 Å². The van der Waals surface area contributed by atoms with Crippen LogP contribution in [0.5, 0.6) is 0 Å². The first-order valence-electron chi connectivity index (χ1n) is 8.51. The van der Waals surface area contributed by atoms with Gasteiger partial charge in [-0.25, -0.2) is 0 Å². The SMILES string of the molecule is CC12C[C@@H](O)C3C(C=CC4=CC(=O)CCC43C)C1CC[C]2=[W].[W].[W].[W].[W].[W].[W].[W].[W].[W].[W].[W].[W].[W].[W].[W].[W]. The van der Waals surface area contributed by atoms with Crippen molar-refractivity contribution in [3.05, 3.63) is 23.8 Å². The molecule has 0 spiro atoms. The molecule has 2 fully saturated rings. The number of aliphatic hydroxyl groups excluding tert-OH is 1. The van der Waals surface area contributed by atoms with E-state index < -0.39 is 0 Å². The van der Waals surface area contributed by atoms with E-state index in [0.29, 0.717) is 18.3 Å². The number of ketones is 1. The van der Waals surface area contributed by atoms with E-state index in [1.807, 2.05) is 6.08 Å². The summed E-state index contributed by atoms with van der Waals surface area (Å²) in [5.74, 6) is 1.69. The first-order valence-corrected chi connectivity index (χ1v) is 9.97. The summed E-state index contributed by atoms with van der Waals surface area (Å²) in [7, 11) is 0. The maximum Gasteiger partial charge on any atom is 0 e. The number of hydrogen-bond donors (Lipinski definition) is 1. The Labute approximate surface area is 469 Å². The molecule has 4 aliphatic rings. The molecule has 38 heavy (non-hydrogen) atoms. The second-order valence-corrected chi connectivity index (χ2v) is 9.97. The van der Waals surface area contributed by atoms with Crippen LogP contribution in [0.25, 0.3) is 0 Å². The molecule has 2 saturated carbocycles. The van der Waals surface area contributed by atoms with Crippen LogP contribution >= 0.6 is 0 Å². The van der Waals surface area contributed by atoms with Crippen LogP contribution in [0, 0.1) is 28.6 Å². The summed E-state index contributed by atoms with van der Waals surface area (Å²) >= 11 is 1.61. The van der Waals surface area contributed by atoms with Gasteiger partial charge in [0.15, 0.2) is 0 Å². The number of rotatable bonds is 0. The van der Waals surface area contributed by atoms with E-state index in [4.69, 9.17) is 0 Å². The van der Waals surface area contributed by atoms with Crippen molar-refractivity contribution in [1.82, 2.24) is 0 Å². The zero-order chi connectivity index (χ0) is 15.7. The van der Waals surface area contributed by atoms with E-state index in [0.717, 1.165) is 18.4 Å². The van der Waals surface area contributed by atoms with Crippen molar-refractivity contribution in [1.29, 1.82) is 0 Å². The molecule has 0 heterocycles. The average Bonchev–Trinajstić information content (AvgIpc) is 2.75. The fourth-order valence-electron chi connectivity index (χ4n) is 5.90. The normalized spacial score (nSPS) is 29.1. The molecule has 0 radical (unpaired) electrons. The summed E-state index contributed by atoms with van der Waals surface area (Å²) in [5.41, 5.74) is 1.39. The van der Waals surface area contributed by atoms with E-state index >= 15 is 0 Å². The van der Waals surface area contributed by atoms with Gasteiger partial charge in [-0.1, -0.05) is 0 Å². The minimum Gasteiger partial charge on any atom is 0 e. The first-order chi connectivity index (χ1) is 10.4. The Kier molecular flexibility index (Phi) is 89.0. The fourth-order valence-corrected chi connectivity index (χ4v) is 7.17. The molecular formula is C19H24O2W17. The van der Waals surface area contributed by atoms with E-state index in [1.54, 1.807) is 23.3 Å². The quantitative estimate of drug-likeness (QED) is 0.406. The van der Waals surface area contributed by atoms with Gasteiger partial charge in [-0.2, -0.15) is 0 Å². The minimum absolute atomic E-state index is 0. The molecule has 0 aliphatic heterocycles. The molecule has 0 aromatic heterocycles. The third-order valence-electron chi connectivity index (χ3n) is 7.17. The number of hydrogen-bond acceptors (Lipinski definition) is 2. The summed E-state index contributed by atoms with van der Waals surface area (Å²) in [6.45, 7) is 4.67. The van der Waals surface area contributed by atoms with Crippen molar-refractivity contribution in [2.45, 2.75) is 52.1 Å². The minimum atomic E-state index is -0.245. The molecule has 0 aromatic rings. The maximum absolute atomic E-state index is 11.8. The van der Waals surface area contributed by atoms with Crippen LogP contribution in [0.4, 0.5) is 0 Å². The number of fused-ring (bicyclic) bond motifs is 5. The van der Waals surface area contributed by atoms with Gasteiger partial charge < -0.3 is 0 Å². The second kappa shape index (κ2) is 38.9. The molecule has 0 bridgehead atoms. The molecule has 2 nitrogen and oxygen atoms in total. The topological polar surface area (TPSA) is 37.3 Å². The Morgan fingerprint density at radius 2 is 1.21 bits per heavy atom. The molecule has 0 saturated heterocycles. The Bertz CT molecular complexity index is 651. The van der Waals surface area contributed by atoms with Gasteiger partial charge in [0.05, 0.1) is 0 Å². The van der Waals surface area contributed by atoms with Crippen LogP contribution in [0.1, 0.15) is 46.0 Å². The average molecular weight is 3410 g/mol. The molecule has 214 valence electrons. The largest absolute Gasteiger partial charge is 0 e. The van der Waals surface area contributed by atoms with Gasteiger partial charge >= 0.3 is 143 Å². The van der Waals surface area contributed by atoms with Crippen LogP contribution in [0.2, 0.25) is 0 Å². The number of allylic oxidation sites excluding steroid dienone is 4. The van der Waals surface area contributed by atoms with Gasteiger partial charge in [0, 0.05) is 337 Å². The molecule has 1 N–H and O–H groups in total. The van der Waals surface area contributed by atoms with Crippen LogP contribution in [-0.4, -0.2) is 20.9 Å². The van der Waals surface area contributed by atoms with Crippen molar-refractivity contribution < 1.29 is 366 Å². The molecular weight excluding hydrogens is 3390 g/mol. The number of carbonyl (C=O) groups is 1. The molecule has 0 aromatic carbocycles. The van der Waals surface area contributed by atoms with Crippen molar-refractivity contribution in [2.75, 3.05) is 0 Å². The third-order valence-corrected chi connectivity index (χ3v) is 9.57. The van der Waals surface area contributed by atoms with E-state index in [1.165, 1.54) is 12.8 Å². The monoisotopic (exact) mass is 3410 g/mol. The smallest absolute Gasteiger partial charge is 0 e. The van der Waals surface area contributed by atoms with Gasteiger partial charge in [0.25, 0.3) is 0 Å². The number of aliphatic hydroxyl groups is 1. The van der Waals surface area contributed by atoms with Crippen LogP contribution in [-0.2, 0) is 361 Å². The van der Waals surface area contributed by atoms with Crippen LogP contribution < -0.4 is 0 Å². The Balaban J connectivity index is -0.0000000355. The summed E-state index contributed by atoms with van der Waals surface area (Å²) in [5, 5.41) is 11.1. The Morgan fingerprint density at radius 1 is 0.763 bits per heavy atom. The van der Waals surface area contributed by atoms with Gasteiger partial charge in [-0.05, 0) is 0 Å². The zero-order valence-corrected chi connectivity index (χ0v) is 69.7. The van der Waals surface area contributed by atoms with Crippen LogP contribution in [0.3, 0.4) is 0 Å². The number of carbonyl (C=O) groups excluding carboxylic acids is 1. The van der Waals surface area contributed by atoms with Crippen molar-refractivity contribution >= 4 is 9.68 Å². The summed E-state index contributed by atoms with van der Waals surface area (Å²) in [4.78, 5) is 11.8. The molecule has 4 rings (SSSR count). The molecule has 5 unspecified atom stereocenters. The molecule has 4 aliphatic carbocycles. The summed E-state index contributed by atoms with van der Waals surface area (Å²) < 4.78 is 1.66. The van der Waals surface area contributed by atoms with E-state index in [2.05, 4.69) is 26.0 Å². The Hall–Kier alpha value is 10.7. The second-order valence-electron chi connectivity index (χ2n) is 8.20. The van der Waals surface area contributed by atoms with E-state index in [9.17, 15) is 9.90 Å². The molecule has 19 heteroatoms. The van der Waals surface area contributed by atoms with Crippen LogP contribution in [0.15, 0.2) is 23.8 Å². The Morgan fingerprint density at radius 3 is 1.66 bits per heavy atom. The van der Waals surface area contributed by atoms with E-state index in [-0.39, 0.29) is 366 Å². The summed E-state index contributed by atoms with van der Waals surface area (Å²) in [6.07, 6.45) is 11.1. The summed E-state index contributed by atoms with van der Waals surface area (Å²) in [6, 6.07) is 0. The maximum atomic E-state index is 11.8. The fraction of sp³-hybridized carbons (Fsp3) is 0.684. The predicted octanol–water partition coefficient (Wildman–Crippen LogP) is 2.94. The predicted molar refractivity (Wildman–Crippen MR) is 83.0 cm³/mol. The molecule has 6 atom stereocenters. The third kappa shape index (κ3) is 19.0. The van der Waals surface area contributed by atoms with Gasteiger partial charge in [-0.3, -0.25) is 0 Å². The van der Waals surface area contributed by atoms with Crippen molar-refractivity contribution in [3.8, 4) is 0 Å². The van der Waals surface area contributed by atoms with Gasteiger partial charge in [-0.15, -0.1) is 0 Å². The standard InChI is InChI=1S/C19H24O2.17W/c1-18-8-3-4-15(18)14-6-5-12-10-13(20)7-9-19(12,2)17(14)16(21)11-18;;;;;;;;;;;;;;;;;/h5-6,10,14-17,21H,3-4,7,9,11H2,1-2H3;;;;;;;;;;;;;;;;;/t14?,15?,16-,17?,18?,19?;;;;;;;;;;;;;;;;;/m1................./s1.